The van der Waals surface area contributed by atoms with E-state index in [1.54, 1.807) is 11.3 Å². The average molecular weight is 371 g/mol. The van der Waals surface area contributed by atoms with E-state index >= 15 is 0 Å². The zero-order valence-electron chi connectivity index (χ0n) is 15.4. The minimum Gasteiger partial charge on any atom is -0.414 e. The van der Waals surface area contributed by atoms with Crippen molar-refractivity contribution in [2.75, 3.05) is 18.9 Å². The molecule has 0 aliphatic heterocycles. The monoisotopic (exact) mass is 371 g/mol. The maximum atomic E-state index is 12.4. The summed E-state index contributed by atoms with van der Waals surface area (Å²) in [5.41, 5.74) is 3.10. The molecule has 2 heterocycles. The summed E-state index contributed by atoms with van der Waals surface area (Å²) in [5, 5.41) is 13.2. The number of carbonyl (C=O) groups excluding carboxylic acids is 1. The lowest BCUT2D eigenvalue weighted by molar-refractivity contribution is -0.903. The largest absolute Gasteiger partial charge is 0.414 e. The van der Waals surface area contributed by atoms with Crippen LogP contribution >= 0.6 is 11.3 Å². The second-order valence-electron chi connectivity index (χ2n) is 6.46. The van der Waals surface area contributed by atoms with Crippen molar-refractivity contribution in [1.29, 1.82) is 0 Å². The highest BCUT2D eigenvalue weighted by Gasteiger charge is 2.24. The molecule has 1 unspecified atom stereocenters. The van der Waals surface area contributed by atoms with E-state index < -0.39 is 0 Å². The number of aromatic nitrogens is 2. The summed E-state index contributed by atoms with van der Waals surface area (Å²) in [6.07, 6.45) is 0. The van der Waals surface area contributed by atoms with Crippen LogP contribution in [-0.2, 0) is 4.79 Å². The van der Waals surface area contributed by atoms with E-state index in [0.717, 1.165) is 26.6 Å². The highest BCUT2D eigenvalue weighted by Crippen LogP contribution is 2.24. The summed E-state index contributed by atoms with van der Waals surface area (Å²) >= 11 is 1.56. The van der Waals surface area contributed by atoms with Gasteiger partial charge in [-0.15, -0.1) is 21.5 Å². The minimum atomic E-state index is -0.0828. The Kier molecular flexibility index (Phi) is 5.49. The Bertz CT molecular complexity index is 889. The lowest BCUT2D eigenvalue weighted by Crippen LogP contribution is -3.10. The third-order valence-corrected chi connectivity index (χ3v) is 5.46. The smallest absolute Gasteiger partial charge is 0.279 e. The highest BCUT2D eigenvalue weighted by molar-refractivity contribution is 7.13. The number of rotatable bonds is 6. The van der Waals surface area contributed by atoms with E-state index in [4.69, 9.17) is 4.42 Å². The Hall–Kier alpha value is -2.51. The number of nitrogens with one attached hydrogen (secondary N) is 2. The van der Waals surface area contributed by atoms with E-state index in [9.17, 15) is 4.79 Å². The quantitative estimate of drug-likeness (QED) is 0.699. The number of carbonyl (C=O) groups is 1. The molecule has 136 valence electrons. The molecule has 0 saturated carbocycles. The van der Waals surface area contributed by atoms with Crippen molar-refractivity contribution in [3.8, 4) is 10.8 Å². The Labute approximate surface area is 156 Å². The number of hydrogen-bond donors (Lipinski definition) is 2. The molecule has 0 aliphatic rings. The van der Waals surface area contributed by atoms with Crippen LogP contribution in [-0.4, -0.2) is 29.7 Å². The molecule has 1 aromatic carbocycles. The molecule has 3 rings (SSSR count). The highest BCUT2D eigenvalue weighted by atomic mass is 32.1. The number of anilines is 1. The Morgan fingerprint density at radius 2 is 2.08 bits per heavy atom. The Morgan fingerprint density at radius 3 is 2.81 bits per heavy atom. The molecule has 26 heavy (non-hydrogen) atoms. The van der Waals surface area contributed by atoms with Crippen molar-refractivity contribution in [3.63, 3.8) is 0 Å². The van der Waals surface area contributed by atoms with Gasteiger partial charge in [0.2, 0.25) is 0 Å². The fourth-order valence-corrected chi connectivity index (χ4v) is 3.25. The molecule has 2 atom stereocenters. The zero-order chi connectivity index (χ0) is 18.7. The van der Waals surface area contributed by atoms with Crippen molar-refractivity contribution in [2.45, 2.75) is 26.8 Å². The Balaban J connectivity index is 1.63. The van der Waals surface area contributed by atoms with E-state index in [-0.39, 0.29) is 11.9 Å². The summed E-state index contributed by atoms with van der Waals surface area (Å²) in [6.45, 7) is 6.33. The molecule has 0 bridgehead atoms. The van der Waals surface area contributed by atoms with E-state index in [1.165, 1.54) is 0 Å². The van der Waals surface area contributed by atoms with Gasteiger partial charge in [-0.1, -0.05) is 18.2 Å². The molecule has 0 saturated heterocycles. The first-order valence-electron chi connectivity index (χ1n) is 8.51. The van der Waals surface area contributed by atoms with E-state index in [2.05, 4.69) is 15.5 Å². The molecule has 0 spiro atoms. The van der Waals surface area contributed by atoms with Crippen LogP contribution in [0.2, 0.25) is 0 Å². The van der Waals surface area contributed by atoms with Crippen molar-refractivity contribution < 1.29 is 14.1 Å². The van der Waals surface area contributed by atoms with Gasteiger partial charge in [0.25, 0.3) is 17.7 Å². The third kappa shape index (κ3) is 4.00. The molecule has 0 radical (unpaired) electrons. The van der Waals surface area contributed by atoms with Crippen LogP contribution in [0.15, 0.2) is 40.1 Å². The van der Waals surface area contributed by atoms with Gasteiger partial charge in [-0.2, -0.15) is 0 Å². The predicted molar refractivity (Wildman–Crippen MR) is 102 cm³/mol. The number of likely N-dealkylation sites (N-methyl/N-ethyl adjacent to an activating group) is 1. The summed E-state index contributed by atoms with van der Waals surface area (Å²) in [4.78, 5) is 14.3. The predicted octanol–water partition coefficient (Wildman–Crippen LogP) is 2.63. The lowest BCUT2D eigenvalue weighted by atomic mass is 10.1. The third-order valence-electron chi connectivity index (χ3n) is 4.60. The molecule has 1 amide bonds. The number of thiophene rings is 1. The first kappa shape index (κ1) is 18.3. The molecule has 2 aromatic heterocycles. The zero-order valence-corrected chi connectivity index (χ0v) is 16.2. The van der Waals surface area contributed by atoms with Gasteiger partial charge >= 0.3 is 0 Å². The Morgan fingerprint density at radius 1 is 1.27 bits per heavy atom. The van der Waals surface area contributed by atoms with Crippen molar-refractivity contribution in [2.24, 2.45) is 0 Å². The van der Waals surface area contributed by atoms with E-state index in [1.807, 2.05) is 63.5 Å². The van der Waals surface area contributed by atoms with Gasteiger partial charge in [-0.3, -0.25) is 4.79 Å². The molecule has 2 N–H and O–H groups in total. The molecular formula is C19H23N4O2S+. The summed E-state index contributed by atoms with van der Waals surface area (Å²) in [5.74, 6) is 1.01. The summed E-state index contributed by atoms with van der Waals surface area (Å²) in [6, 6.07) is 9.71. The van der Waals surface area contributed by atoms with Gasteiger partial charge in [-0.05, 0) is 49.4 Å². The van der Waals surface area contributed by atoms with Crippen LogP contribution in [0.4, 0.5) is 5.69 Å². The second-order valence-corrected chi connectivity index (χ2v) is 7.41. The minimum absolute atomic E-state index is 0.0407. The van der Waals surface area contributed by atoms with Crippen molar-refractivity contribution in [1.82, 2.24) is 10.2 Å². The first-order valence-corrected chi connectivity index (χ1v) is 9.39. The SMILES string of the molecule is Cc1cccc(NC(=O)C[NH+](C)[C@@H](C)c2nnc(-c3cccs3)o2)c1C. The van der Waals surface area contributed by atoms with Crippen LogP contribution in [0.3, 0.4) is 0 Å². The van der Waals surface area contributed by atoms with Crippen LogP contribution in [0.5, 0.6) is 0 Å². The first-order chi connectivity index (χ1) is 12.5. The second kappa shape index (κ2) is 7.80. The van der Waals surface area contributed by atoms with Crippen molar-refractivity contribution in [3.05, 3.63) is 52.7 Å². The van der Waals surface area contributed by atoms with E-state index in [0.29, 0.717) is 18.3 Å². The molecule has 6 nitrogen and oxygen atoms in total. The van der Waals surface area contributed by atoms with Gasteiger partial charge in [0.15, 0.2) is 12.6 Å². The molecule has 3 aromatic rings. The molecular weight excluding hydrogens is 348 g/mol. The number of amides is 1. The number of hydrogen-bond acceptors (Lipinski definition) is 5. The maximum Gasteiger partial charge on any atom is 0.279 e. The van der Waals surface area contributed by atoms with Crippen LogP contribution < -0.4 is 10.2 Å². The fourth-order valence-electron chi connectivity index (χ4n) is 2.61. The fraction of sp³-hybridized carbons (Fsp3) is 0.316. The molecule has 0 aliphatic carbocycles. The van der Waals surface area contributed by atoms with Gasteiger partial charge in [-0.25, -0.2) is 0 Å². The average Bonchev–Trinajstić information content (AvgIpc) is 3.29. The number of nitrogens with zero attached hydrogens (tertiary/aromatic N) is 2. The van der Waals surface area contributed by atoms with Crippen molar-refractivity contribution >= 4 is 22.9 Å². The molecule has 7 heteroatoms. The topological polar surface area (TPSA) is 72.5 Å². The van der Waals surface area contributed by atoms with Gasteiger partial charge in [0.05, 0.1) is 11.9 Å². The maximum absolute atomic E-state index is 12.4. The standard InChI is InChI=1S/C19H22N4O2S/c1-12-7-5-8-15(13(12)2)20-17(24)11-23(4)14(3)18-21-22-19(25-18)16-9-6-10-26-16/h5-10,14H,11H2,1-4H3,(H,20,24)/p+1/t14-/m0/s1. The van der Waals surface area contributed by atoms with Gasteiger partial charge in [0.1, 0.15) is 0 Å². The van der Waals surface area contributed by atoms with Crippen LogP contribution in [0, 0.1) is 13.8 Å². The molecule has 0 fully saturated rings. The number of aryl methyl sites for hydroxylation is 1. The van der Waals surface area contributed by atoms with Crippen LogP contribution in [0.25, 0.3) is 10.8 Å². The number of benzene rings is 1. The van der Waals surface area contributed by atoms with Crippen LogP contribution in [0.1, 0.15) is 30.0 Å². The lowest BCUT2D eigenvalue weighted by Gasteiger charge is -2.19. The summed E-state index contributed by atoms with van der Waals surface area (Å²) < 4.78 is 5.78. The van der Waals surface area contributed by atoms with Gasteiger partial charge in [0, 0.05) is 5.69 Å². The summed E-state index contributed by atoms with van der Waals surface area (Å²) in [7, 11) is 1.95. The normalized spacial score (nSPS) is 13.4. The number of quaternary nitrogens is 1. The van der Waals surface area contributed by atoms with Gasteiger partial charge < -0.3 is 14.6 Å².